The predicted octanol–water partition coefficient (Wildman–Crippen LogP) is 3.38. The molecule has 1 aromatic carbocycles. The fraction of sp³-hybridized carbons (Fsp3) is 0.600. The summed E-state index contributed by atoms with van der Waals surface area (Å²) < 4.78 is 6.37. The molecular weight excluding hydrogens is 242 g/mol. The van der Waals surface area contributed by atoms with Crippen molar-refractivity contribution in [2.45, 2.75) is 43.6 Å². The van der Waals surface area contributed by atoms with Crippen LogP contribution in [0.15, 0.2) is 24.3 Å². The lowest BCUT2D eigenvalue weighted by molar-refractivity contribution is 0.0516. The van der Waals surface area contributed by atoms with Crippen LogP contribution in [0.3, 0.4) is 0 Å². The number of hydrogen-bond acceptors (Lipinski definition) is 3. The molecule has 0 bridgehead atoms. The van der Waals surface area contributed by atoms with E-state index in [0.29, 0.717) is 6.04 Å². The molecule has 3 unspecified atom stereocenters. The summed E-state index contributed by atoms with van der Waals surface area (Å²) in [6.07, 6.45) is 2.28. The Labute approximate surface area is 113 Å². The largest absolute Gasteiger partial charge is 0.486 e. The summed E-state index contributed by atoms with van der Waals surface area (Å²) in [7, 11) is 0. The maximum absolute atomic E-state index is 6.37. The third-order valence-corrected chi connectivity index (χ3v) is 5.37. The summed E-state index contributed by atoms with van der Waals surface area (Å²) in [5.41, 5.74) is 1.39. The zero-order valence-corrected chi connectivity index (χ0v) is 11.9. The molecule has 2 heterocycles. The molecule has 0 radical (unpaired) electrons. The minimum Gasteiger partial charge on any atom is -0.486 e. The molecule has 1 fully saturated rings. The quantitative estimate of drug-likeness (QED) is 0.884. The van der Waals surface area contributed by atoms with E-state index in [4.69, 9.17) is 4.74 Å². The molecule has 1 saturated heterocycles. The number of hydrogen-bond donors (Lipinski definition) is 1. The van der Waals surface area contributed by atoms with E-state index in [0.717, 1.165) is 29.7 Å². The lowest BCUT2D eigenvalue weighted by Gasteiger charge is -2.40. The topological polar surface area (TPSA) is 21.3 Å². The third kappa shape index (κ3) is 2.14. The van der Waals surface area contributed by atoms with Gasteiger partial charge in [-0.15, -0.1) is 0 Å². The van der Waals surface area contributed by atoms with Crippen molar-refractivity contribution in [2.75, 3.05) is 12.3 Å². The highest BCUT2D eigenvalue weighted by atomic mass is 32.2. The molecule has 1 spiro atoms. The van der Waals surface area contributed by atoms with Crippen LogP contribution in [0.5, 0.6) is 5.75 Å². The zero-order valence-electron chi connectivity index (χ0n) is 11.1. The summed E-state index contributed by atoms with van der Waals surface area (Å²) in [4.78, 5) is 0. The van der Waals surface area contributed by atoms with Crippen molar-refractivity contribution in [1.29, 1.82) is 0 Å². The smallest absolute Gasteiger partial charge is 0.124 e. The van der Waals surface area contributed by atoms with Crippen molar-refractivity contribution in [3.63, 3.8) is 0 Å². The van der Waals surface area contributed by atoms with Crippen LogP contribution >= 0.6 is 11.8 Å². The van der Waals surface area contributed by atoms with E-state index in [9.17, 15) is 0 Å². The lowest BCUT2D eigenvalue weighted by atomic mass is 9.85. The number of rotatable bonds is 2. The Hall–Kier alpha value is -0.670. The van der Waals surface area contributed by atoms with Crippen LogP contribution < -0.4 is 10.1 Å². The van der Waals surface area contributed by atoms with Gasteiger partial charge in [-0.25, -0.2) is 0 Å². The van der Waals surface area contributed by atoms with E-state index in [1.807, 2.05) is 11.8 Å². The third-order valence-electron chi connectivity index (χ3n) is 3.94. The Morgan fingerprint density at radius 1 is 1.39 bits per heavy atom. The van der Waals surface area contributed by atoms with Crippen LogP contribution in [-0.2, 0) is 0 Å². The van der Waals surface area contributed by atoms with Gasteiger partial charge in [-0.1, -0.05) is 32.0 Å². The SMILES string of the molecule is CCNC1CC2(CSC(C)C2)Oc2ccccc21. The second-order valence-corrected chi connectivity index (χ2v) is 6.89. The number of fused-ring (bicyclic) bond motifs is 1. The molecule has 2 aliphatic heterocycles. The molecule has 0 saturated carbocycles. The van der Waals surface area contributed by atoms with Crippen LogP contribution in [0.1, 0.15) is 38.3 Å². The summed E-state index contributed by atoms with van der Waals surface area (Å²) in [5, 5.41) is 4.34. The Balaban J connectivity index is 1.92. The summed E-state index contributed by atoms with van der Waals surface area (Å²) in [6.45, 7) is 5.50. The van der Waals surface area contributed by atoms with Crippen molar-refractivity contribution in [1.82, 2.24) is 5.32 Å². The highest BCUT2D eigenvalue weighted by Crippen LogP contribution is 2.47. The first-order valence-corrected chi connectivity index (χ1v) is 7.90. The molecule has 3 rings (SSSR count). The normalized spacial score (nSPS) is 34.3. The zero-order chi connectivity index (χ0) is 12.6. The highest BCUT2D eigenvalue weighted by Gasteiger charge is 2.45. The monoisotopic (exact) mass is 263 g/mol. The van der Waals surface area contributed by atoms with Gasteiger partial charge in [0.05, 0.1) is 0 Å². The van der Waals surface area contributed by atoms with E-state index in [1.165, 1.54) is 12.0 Å². The van der Waals surface area contributed by atoms with Gasteiger partial charge in [0.1, 0.15) is 11.4 Å². The first-order chi connectivity index (χ1) is 8.72. The number of ether oxygens (including phenoxy) is 1. The predicted molar refractivity (Wildman–Crippen MR) is 77.4 cm³/mol. The Morgan fingerprint density at radius 3 is 2.94 bits per heavy atom. The molecule has 1 N–H and O–H groups in total. The molecule has 3 atom stereocenters. The average molecular weight is 263 g/mol. The summed E-state index contributed by atoms with van der Waals surface area (Å²) >= 11 is 2.04. The van der Waals surface area contributed by atoms with Gasteiger partial charge in [0.2, 0.25) is 0 Å². The van der Waals surface area contributed by atoms with Crippen molar-refractivity contribution in [3.05, 3.63) is 29.8 Å². The van der Waals surface area contributed by atoms with Gasteiger partial charge < -0.3 is 10.1 Å². The molecule has 1 aromatic rings. The second-order valence-electron chi connectivity index (χ2n) is 5.46. The summed E-state index contributed by atoms with van der Waals surface area (Å²) in [6, 6.07) is 8.95. The number of nitrogens with one attached hydrogen (secondary N) is 1. The molecule has 0 aliphatic carbocycles. The van der Waals surface area contributed by atoms with Crippen molar-refractivity contribution in [2.24, 2.45) is 0 Å². The Bertz CT molecular complexity index is 436. The van der Waals surface area contributed by atoms with Gasteiger partial charge in [-0.2, -0.15) is 11.8 Å². The van der Waals surface area contributed by atoms with E-state index in [-0.39, 0.29) is 5.60 Å². The van der Waals surface area contributed by atoms with Gasteiger partial charge in [-0.05, 0) is 19.0 Å². The van der Waals surface area contributed by atoms with Crippen LogP contribution in [0, 0.1) is 0 Å². The molecule has 2 nitrogen and oxygen atoms in total. The van der Waals surface area contributed by atoms with Gasteiger partial charge in [0.25, 0.3) is 0 Å². The van der Waals surface area contributed by atoms with Crippen molar-refractivity contribution >= 4 is 11.8 Å². The minimum atomic E-state index is 0.0608. The first kappa shape index (κ1) is 12.4. The van der Waals surface area contributed by atoms with E-state index >= 15 is 0 Å². The first-order valence-electron chi connectivity index (χ1n) is 6.85. The fourth-order valence-corrected chi connectivity index (χ4v) is 4.50. The van der Waals surface area contributed by atoms with Crippen LogP contribution in [0.2, 0.25) is 0 Å². The number of benzene rings is 1. The van der Waals surface area contributed by atoms with E-state index in [2.05, 4.69) is 43.4 Å². The molecule has 98 valence electrons. The van der Waals surface area contributed by atoms with Gasteiger partial charge >= 0.3 is 0 Å². The van der Waals surface area contributed by atoms with E-state index < -0.39 is 0 Å². The van der Waals surface area contributed by atoms with Crippen molar-refractivity contribution in [3.8, 4) is 5.75 Å². The standard InChI is InChI=1S/C15H21NOS/c1-3-16-13-9-15(8-11(2)18-10-15)17-14-7-5-4-6-12(13)14/h4-7,11,13,16H,3,8-10H2,1-2H3. The maximum Gasteiger partial charge on any atom is 0.124 e. The van der Waals surface area contributed by atoms with Gasteiger partial charge in [-0.3, -0.25) is 0 Å². The molecule has 18 heavy (non-hydrogen) atoms. The van der Waals surface area contributed by atoms with Crippen molar-refractivity contribution < 1.29 is 4.74 Å². The molecular formula is C15H21NOS. The van der Waals surface area contributed by atoms with Gasteiger partial charge in [0, 0.05) is 29.0 Å². The fourth-order valence-electron chi connectivity index (χ4n) is 3.20. The molecule has 2 aliphatic rings. The van der Waals surface area contributed by atoms with Crippen LogP contribution in [0.25, 0.3) is 0 Å². The molecule has 3 heteroatoms. The minimum absolute atomic E-state index is 0.0608. The Kier molecular flexibility index (Phi) is 3.29. The maximum atomic E-state index is 6.37. The molecule has 0 aromatic heterocycles. The van der Waals surface area contributed by atoms with Crippen LogP contribution in [-0.4, -0.2) is 23.1 Å². The average Bonchev–Trinajstić information content (AvgIpc) is 2.70. The molecule has 0 amide bonds. The highest BCUT2D eigenvalue weighted by molar-refractivity contribution is 8.00. The number of para-hydroxylation sites is 1. The van der Waals surface area contributed by atoms with Gasteiger partial charge in [0.15, 0.2) is 0 Å². The summed E-state index contributed by atoms with van der Waals surface area (Å²) in [5.74, 6) is 2.22. The number of thioether (sulfide) groups is 1. The van der Waals surface area contributed by atoms with Crippen LogP contribution in [0.4, 0.5) is 0 Å². The second kappa shape index (κ2) is 4.78. The lowest BCUT2D eigenvalue weighted by Crippen LogP contribution is -2.44. The Morgan fingerprint density at radius 2 is 2.22 bits per heavy atom. The van der Waals surface area contributed by atoms with E-state index in [1.54, 1.807) is 0 Å².